The molecular weight excluding hydrogens is 280 g/mol. The highest BCUT2D eigenvalue weighted by atomic mass is 35.5. The average Bonchev–Trinajstić information content (AvgIpc) is 2.43. The monoisotopic (exact) mass is 298 g/mol. The molecule has 0 aliphatic carbocycles. The Kier molecular flexibility index (Phi) is 6.66. The third kappa shape index (κ3) is 5.36. The highest BCUT2D eigenvalue weighted by molar-refractivity contribution is 6.32. The standard InChI is InChI=1S/C13H19ClN4O2/c1-3-6-16-12(19)8-17-13(15)18-9-4-5-11(20-2)10(14)7-9/h4-5,7H,3,6,8H2,1-2H3,(H,16,19)(H3,15,17,18). The predicted octanol–water partition coefficient (Wildman–Crippen LogP) is 1.60. The zero-order valence-corrected chi connectivity index (χ0v) is 12.3. The maximum Gasteiger partial charge on any atom is 0.241 e. The summed E-state index contributed by atoms with van der Waals surface area (Å²) >= 11 is 5.99. The maximum atomic E-state index is 11.4. The lowest BCUT2D eigenvalue weighted by Crippen LogP contribution is -2.29. The molecule has 20 heavy (non-hydrogen) atoms. The summed E-state index contributed by atoms with van der Waals surface area (Å²) < 4.78 is 5.05. The fraction of sp³-hybridized carbons (Fsp3) is 0.385. The van der Waals surface area contributed by atoms with E-state index >= 15 is 0 Å². The molecule has 1 aromatic carbocycles. The number of nitrogens with two attached hydrogens (primary N) is 1. The van der Waals surface area contributed by atoms with Crippen LogP contribution in [0.1, 0.15) is 13.3 Å². The lowest BCUT2D eigenvalue weighted by atomic mass is 10.3. The van der Waals surface area contributed by atoms with Crippen molar-refractivity contribution in [2.45, 2.75) is 13.3 Å². The van der Waals surface area contributed by atoms with E-state index in [9.17, 15) is 4.79 Å². The largest absolute Gasteiger partial charge is 0.495 e. The first-order valence-corrected chi connectivity index (χ1v) is 6.61. The van der Waals surface area contributed by atoms with E-state index in [0.717, 1.165) is 6.42 Å². The van der Waals surface area contributed by atoms with Crippen LogP contribution in [0.3, 0.4) is 0 Å². The SMILES string of the molecule is CCCNC(=O)CN=C(N)Nc1ccc(OC)c(Cl)c1. The molecular formula is C13H19ClN4O2. The number of guanidine groups is 1. The number of halogens is 1. The third-order valence-corrected chi connectivity index (χ3v) is 2.68. The van der Waals surface area contributed by atoms with E-state index in [0.29, 0.717) is 23.0 Å². The number of methoxy groups -OCH3 is 1. The van der Waals surface area contributed by atoms with Gasteiger partial charge in [0.2, 0.25) is 5.91 Å². The molecule has 1 amide bonds. The number of benzene rings is 1. The number of nitrogens with zero attached hydrogens (tertiary/aromatic N) is 1. The zero-order valence-electron chi connectivity index (χ0n) is 11.6. The van der Waals surface area contributed by atoms with Crippen LogP contribution < -0.4 is 21.1 Å². The summed E-state index contributed by atoms with van der Waals surface area (Å²) in [6.45, 7) is 2.60. The lowest BCUT2D eigenvalue weighted by Gasteiger charge is -2.08. The quantitative estimate of drug-likeness (QED) is 0.550. The number of nitrogens with one attached hydrogen (secondary N) is 2. The van der Waals surface area contributed by atoms with Crippen molar-refractivity contribution in [1.82, 2.24) is 5.32 Å². The van der Waals surface area contributed by atoms with Crippen molar-refractivity contribution in [3.63, 3.8) is 0 Å². The topological polar surface area (TPSA) is 88.7 Å². The molecule has 0 atom stereocenters. The van der Waals surface area contributed by atoms with Crippen molar-refractivity contribution in [2.24, 2.45) is 10.7 Å². The van der Waals surface area contributed by atoms with Crippen LogP contribution in [0.25, 0.3) is 0 Å². The second-order valence-electron chi connectivity index (χ2n) is 4.03. The Morgan fingerprint density at radius 2 is 2.25 bits per heavy atom. The Morgan fingerprint density at radius 1 is 1.50 bits per heavy atom. The molecule has 0 unspecified atom stereocenters. The number of anilines is 1. The van der Waals surface area contributed by atoms with Crippen LogP contribution in [0, 0.1) is 0 Å². The van der Waals surface area contributed by atoms with Crippen molar-refractivity contribution >= 4 is 29.2 Å². The number of hydrogen-bond donors (Lipinski definition) is 3. The fourth-order valence-corrected chi connectivity index (χ4v) is 1.67. The molecule has 6 nitrogen and oxygen atoms in total. The van der Waals surface area contributed by atoms with Gasteiger partial charge in [0.1, 0.15) is 12.3 Å². The van der Waals surface area contributed by atoms with Gasteiger partial charge in [0, 0.05) is 12.2 Å². The predicted molar refractivity (Wildman–Crippen MR) is 81.4 cm³/mol. The van der Waals surface area contributed by atoms with Crippen LogP contribution in [0.5, 0.6) is 5.75 Å². The molecule has 0 aromatic heterocycles. The number of ether oxygens (including phenoxy) is 1. The van der Waals surface area contributed by atoms with Crippen molar-refractivity contribution in [3.8, 4) is 5.75 Å². The van der Waals surface area contributed by atoms with Crippen molar-refractivity contribution in [2.75, 3.05) is 25.5 Å². The van der Waals surface area contributed by atoms with Crippen LogP contribution in [0.2, 0.25) is 5.02 Å². The molecule has 4 N–H and O–H groups in total. The van der Waals surface area contributed by atoms with Gasteiger partial charge in [-0.15, -0.1) is 0 Å². The van der Waals surface area contributed by atoms with Gasteiger partial charge in [0.05, 0.1) is 12.1 Å². The van der Waals surface area contributed by atoms with Crippen LogP contribution >= 0.6 is 11.6 Å². The summed E-state index contributed by atoms with van der Waals surface area (Å²) in [5.41, 5.74) is 6.36. The number of amides is 1. The van der Waals surface area contributed by atoms with Gasteiger partial charge >= 0.3 is 0 Å². The molecule has 110 valence electrons. The van der Waals surface area contributed by atoms with Gasteiger partial charge in [-0.2, -0.15) is 0 Å². The maximum absolute atomic E-state index is 11.4. The normalized spacial score (nSPS) is 11.1. The van der Waals surface area contributed by atoms with E-state index in [1.807, 2.05) is 6.92 Å². The van der Waals surface area contributed by atoms with E-state index in [4.69, 9.17) is 22.1 Å². The Hall–Kier alpha value is -1.95. The minimum atomic E-state index is -0.163. The van der Waals surface area contributed by atoms with Crippen LogP contribution in [0.15, 0.2) is 23.2 Å². The van der Waals surface area contributed by atoms with Gasteiger partial charge in [0.25, 0.3) is 0 Å². The zero-order chi connectivity index (χ0) is 15.0. The molecule has 0 aliphatic heterocycles. The Balaban J connectivity index is 2.55. The Labute approximate surface area is 123 Å². The number of aliphatic imine (C=N–C) groups is 1. The highest BCUT2D eigenvalue weighted by Crippen LogP contribution is 2.26. The van der Waals surface area contributed by atoms with E-state index in [1.165, 1.54) is 0 Å². The molecule has 0 fully saturated rings. The molecule has 1 aromatic rings. The van der Waals surface area contributed by atoms with Gasteiger partial charge in [0.15, 0.2) is 5.96 Å². The first-order valence-electron chi connectivity index (χ1n) is 6.24. The van der Waals surface area contributed by atoms with Crippen molar-refractivity contribution in [3.05, 3.63) is 23.2 Å². The Morgan fingerprint density at radius 3 is 2.85 bits per heavy atom. The van der Waals surface area contributed by atoms with Gasteiger partial charge in [-0.25, -0.2) is 4.99 Å². The third-order valence-electron chi connectivity index (χ3n) is 2.39. The molecule has 0 radical (unpaired) electrons. The van der Waals surface area contributed by atoms with E-state index < -0.39 is 0 Å². The number of hydrogen-bond acceptors (Lipinski definition) is 3. The highest BCUT2D eigenvalue weighted by Gasteiger charge is 2.03. The smallest absolute Gasteiger partial charge is 0.241 e. The van der Waals surface area contributed by atoms with Crippen molar-refractivity contribution in [1.29, 1.82) is 0 Å². The summed E-state index contributed by atoms with van der Waals surface area (Å²) in [6.07, 6.45) is 0.882. The summed E-state index contributed by atoms with van der Waals surface area (Å²) in [5.74, 6) is 0.564. The van der Waals surface area contributed by atoms with Gasteiger partial charge < -0.3 is 21.1 Å². The first-order chi connectivity index (χ1) is 9.56. The minimum Gasteiger partial charge on any atom is -0.495 e. The fourth-order valence-electron chi connectivity index (χ4n) is 1.41. The van der Waals surface area contributed by atoms with E-state index in [-0.39, 0.29) is 18.4 Å². The summed E-state index contributed by atoms with van der Waals surface area (Å²) in [5, 5.41) is 6.03. The molecule has 7 heteroatoms. The van der Waals surface area contributed by atoms with E-state index in [1.54, 1.807) is 25.3 Å². The Bertz CT molecular complexity index is 491. The first kappa shape index (κ1) is 16.1. The van der Waals surface area contributed by atoms with Gasteiger partial charge in [-0.1, -0.05) is 18.5 Å². The second-order valence-corrected chi connectivity index (χ2v) is 4.43. The molecule has 0 aliphatic rings. The van der Waals surface area contributed by atoms with E-state index in [2.05, 4.69) is 15.6 Å². The molecule has 0 spiro atoms. The second kappa shape index (κ2) is 8.27. The molecule has 0 saturated heterocycles. The van der Waals surface area contributed by atoms with Gasteiger partial charge in [-0.3, -0.25) is 4.79 Å². The summed E-state index contributed by atoms with van der Waals surface area (Å²) in [7, 11) is 1.54. The van der Waals surface area contributed by atoms with Crippen LogP contribution in [-0.2, 0) is 4.79 Å². The average molecular weight is 299 g/mol. The number of carbonyl (C=O) groups is 1. The summed E-state index contributed by atoms with van der Waals surface area (Å²) in [6, 6.07) is 5.13. The summed E-state index contributed by atoms with van der Waals surface area (Å²) in [4.78, 5) is 15.3. The lowest BCUT2D eigenvalue weighted by molar-refractivity contribution is -0.119. The minimum absolute atomic E-state index is 0.0112. The molecule has 1 rings (SSSR count). The number of carbonyl (C=O) groups excluding carboxylic acids is 1. The number of rotatable bonds is 6. The van der Waals surface area contributed by atoms with Crippen molar-refractivity contribution < 1.29 is 9.53 Å². The molecule has 0 heterocycles. The molecule has 0 saturated carbocycles. The van der Waals surface area contributed by atoms with Gasteiger partial charge in [-0.05, 0) is 24.6 Å². The van der Waals surface area contributed by atoms with Crippen LogP contribution in [0.4, 0.5) is 5.69 Å². The van der Waals surface area contributed by atoms with Crippen LogP contribution in [-0.4, -0.2) is 32.1 Å². The molecule has 0 bridgehead atoms.